The van der Waals surface area contributed by atoms with Crippen molar-refractivity contribution >= 4 is 28.0 Å². The average Bonchev–Trinajstić information content (AvgIpc) is 3.02. The lowest BCUT2D eigenvalue weighted by Gasteiger charge is -2.18. The fraction of sp³-hybridized carbons (Fsp3) is 0.225. The summed E-state index contributed by atoms with van der Waals surface area (Å²) in [5.74, 6) is 0.817. The number of para-hydroxylation sites is 2. The summed E-state index contributed by atoms with van der Waals surface area (Å²) in [6.07, 6.45) is 0. The second-order valence-corrected chi connectivity index (χ2v) is 10.4. The minimum atomic E-state index is 0.817. The standard InChI is InChI=1S/C36H32N2O.2C2H6/c1-22-10-6-7-15-29(22)34-30-18-16-27(37-35-23(2)11-8-12-24(35)3)20-32(30)39-33-21-28(17-19-31(33)34)38-36-25(4)13-9-14-26(36)5;2*1-2/h6-21,37H,1-5H3;2*1-2H3. The van der Waals surface area contributed by atoms with Gasteiger partial charge in [-0.2, -0.15) is 0 Å². The second-order valence-electron chi connectivity index (χ2n) is 10.4. The Hall–Kier alpha value is -4.63. The third kappa shape index (κ3) is 6.57. The normalized spacial score (nSPS) is 11.0. The molecule has 0 spiro atoms. The van der Waals surface area contributed by atoms with E-state index in [1.807, 2.05) is 27.7 Å². The van der Waals surface area contributed by atoms with Gasteiger partial charge in [-0.25, -0.2) is 4.99 Å². The SMILES string of the molecule is CC.CC.Cc1ccccc1-c1c2ccc(=Nc3c(C)cccc3C)cc-2oc2cc(Nc3c(C)cccc3C)ccc12. The molecule has 0 fully saturated rings. The van der Waals surface area contributed by atoms with Crippen LogP contribution in [0.2, 0.25) is 0 Å². The highest BCUT2D eigenvalue weighted by atomic mass is 16.3. The van der Waals surface area contributed by atoms with Crippen LogP contribution in [0, 0.1) is 34.6 Å². The maximum absolute atomic E-state index is 6.63. The van der Waals surface area contributed by atoms with E-state index in [0.717, 1.165) is 55.8 Å². The average molecular weight is 569 g/mol. The number of anilines is 2. The van der Waals surface area contributed by atoms with Crippen LogP contribution in [-0.2, 0) is 0 Å². The van der Waals surface area contributed by atoms with Crippen molar-refractivity contribution < 1.29 is 4.42 Å². The molecule has 0 unspecified atom stereocenters. The molecule has 43 heavy (non-hydrogen) atoms. The van der Waals surface area contributed by atoms with Crippen LogP contribution in [0.3, 0.4) is 0 Å². The lowest BCUT2D eigenvalue weighted by molar-refractivity contribution is 0.619. The fourth-order valence-electron chi connectivity index (χ4n) is 5.44. The summed E-state index contributed by atoms with van der Waals surface area (Å²) in [6.45, 7) is 18.6. The second kappa shape index (κ2) is 14.0. The number of hydrogen-bond acceptors (Lipinski definition) is 3. The van der Waals surface area contributed by atoms with Crippen molar-refractivity contribution in [3.8, 4) is 22.5 Å². The van der Waals surface area contributed by atoms with E-state index in [-0.39, 0.29) is 0 Å². The van der Waals surface area contributed by atoms with Gasteiger partial charge in [0.1, 0.15) is 11.3 Å². The van der Waals surface area contributed by atoms with Crippen LogP contribution in [0.4, 0.5) is 17.1 Å². The minimum absolute atomic E-state index is 0.817. The molecule has 0 saturated carbocycles. The molecule has 0 atom stereocenters. The summed E-state index contributed by atoms with van der Waals surface area (Å²) in [5.41, 5.74) is 13.4. The number of nitrogens with zero attached hydrogens (tertiary/aromatic N) is 1. The first-order valence-corrected chi connectivity index (χ1v) is 15.4. The van der Waals surface area contributed by atoms with E-state index in [1.165, 1.54) is 27.8 Å². The van der Waals surface area contributed by atoms with Crippen LogP contribution in [-0.4, -0.2) is 0 Å². The van der Waals surface area contributed by atoms with Gasteiger partial charge in [-0.1, -0.05) is 88.4 Å². The monoisotopic (exact) mass is 568 g/mol. The van der Waals surface area contributed by atoms with E-state index in [0.29, 0.717) is 0 Å². The quantitative estimate of drug-likeness (QED) is 0.215. The molecule has 0 radical (unpaired) electrons. The molecule has 0 saturated heterocycles. The molecule has 2 aliphatic rings. The zero-order valence-electron chi connectivity index (χ0n) is 27.1. The Balaban J connectivity index is 0.00000102. The molecule has 0 bridgehead atoms. The molecule has 1 aliphatic carbocycles. The Labute approximate surface area is 257 Å². The molecular weight excluding hydrogens is 524 g/mol. The Kier molecular flexibility index (Phi) is 10.2. The van der Waals surface area contributed by atoms with E-state index in [4.69, 9.17) is 9.41 Å². The molecule has 1 heterocycles. The third-order valence-corrected chi connectivity index (χ3v) is 7.55. The zero-order valence-corrected chi connectivity index (χ0v) is 27.1. The van der Waals surface area contributed by atoms with E-state index in [9.17, 15) is 0 Å². The highest BCUT2D eigenvalue weighted by Gasteiger charge is 2.19. The summed E-state index contributed by atoms with van der Waals surface area (Å²) in [7, 11) is 0. The zero-order chi connectivity index (χ0) is 31.1. The first-order chi connectivity index (χ1) is 20.9. The fourth-order valence-corrected chi connectivity index (χ4v) is 5.44. The topological polar surface area (TPSA) is 37.5 Å². The van der Waals surface area contributed by atoms with Gasteiger partial charge in [0.2, 0.25) is 0 Å². The molecular formula is C40H44N2O. The van der Waals surface area contributed by atoms with E-state index < -0.39 is 0 Å². The lowest BCUT2D eigenvalue weighted by atomic mass is 9.91. The van der Waals surface area contributed by atoms with Crippen molar-refractivity contribution in [3.63, 3.8) is 0 Å². The van der Waals surface area contributed by atoms with E-state index in [1.54, 1.807) is 0 Å². The van der Waals surface area contributed by atoms with Gasteiger partial charge < -0.3 is 9.73 Å². The Bertz CT molecular complexity index is 1850. The highest BCUT2D eigenvalue weighted by molar-refractivity contribution is 6.03. The van der Waals surface area contributed by atoms with Crippen LogP contribution in [0.25, 0.3) is 33.4 Å². The molecule has 1 N–H and O–H groups in total. The number of benzene rings is 5. The third-order valence-electron chi connectivity index (χ3n) is 7.55. The van der Waals surface area contributed by atoms with Crippen molar-refractivity contribution in [2.45, 2.75) is 62.3 Å². The smallest absolute Gasteiger partial charge is 0.137 e. The molecule has 1 aliphatic heterocycles. The van der Waals surface area contributed by atoms with Crippen molar-refractivity contribution in [2.24, 2.45) is 4.99 Å². The van der Waals surface area contributed by atoms with Crippen molar-refractivity contribution in [1.82, 2.24) is 0 Å². The van der Waals surface area contributed by atoms with Crippen LogP contribution in [0.1, 0.15) is 55.5 Å². The Morgan fingerprint density at radius 3 is 1.81 bits per heavy atom. The lowest BCUT2D eigenvalue weighted by Crippen LogP contribution is -2.03. The molecule has 4 aromatic rings. The van der Waals surface area contributed by atoms with Crippen molar-refractivity contribution in [3.05, 3.63) is 130 Å². The Morgan fingerprint density at radius 2 is 1.16 bits per heavy atom. The molecule has 220 valence electrons. The van der Waals surface area contributed by atoms with Crippen molar-refractivity contribution in [1.29, 1.82) is 0 Å². The first-order valence-electron chi connectivity index (χ1n) is 15.4. The molecule has 0 aromatic heterocycles. The summed E-state index contributed by atoms with van der Waals surface area (Å²) in [5, 5.41) is 5.59. The molecule has 3 heteroatoms. The van der Waals surface area contributed by atoms with E-state index >= 15 is 0 Å². The van der Waals surface area contributed by atoms with Crippen LogP contribution >= 0.6 is 0 Å². The number of hydrogen-bond donors (Lipinski definition) is 1. The number of aryl methyl sites for hydroxylation is 5. The number of rotatable bonds is 4. The van der Waals surface area contributed by atoms with Gasteiger partial charge in [0, 0.05) is 40.0 Å². The summed E-state index contributed by atoms with van der Waals surface area (Å²) < 4.78 is 6.63. The van der Waals surface area contributed by atoms with Gasteiger partial charge in [-0.3, -0.25) is 0 Å². The van der Waals surface area contributed by atoms with Gasteiger partial charge in [0.25, 0.3) is 0 Å². The molecule has 4 aromatic carbocycles. The largest absolute Gasteiger partial charge is 0.456 e. The Morgan fingerprint density at radius 1 is 0.558 bits per heavy atom. The summed E-state index contributed by atoms with van der Waals surface area (Å²) >= 11 is 0. The van der Waals surface area contributed by atoms with Crippen molar-refractivity contribution in [2.75, 3.05) is 5.32 Å². The van der Waals surface area contributed by atoms with Crippen LogP contribution in [0.5, 0.6) is 0 Å². The van der Waals surface area contributed by atoms with Crippen LogP contribution < -0.4 is 10.7 Å². The highest BCUT2D eigenvalue weighted by Crippen LogP contribution is 2.42. The summed E-state index contributed by atoms with van der Waals surface area (Å²) in [4.78, 5) is 5.01. The maximum atomic E-state index is 6.63. The predicted octanol–water partition coefficient (Wildman–Crippen LogP) is 11.8. The first kappa shape index (κ1) is 31.3. The molecule has 0 amide bonds. The minimum Gasteiger partial charge on any atom is -0.456 e. The predicted molar refractivity (Wildman–Crippen MR) is 186 cm³/mol. The number of nitrogens with one attached hydrogen (secondary N) is 1. The maximum Gasteiger partial charge on any atom is 0.137 e. The molecule has 3 nitrogen and oxygen atoms in total. The van der Waals surface area contributed by atoms with Gasteiger partial charge in [0.05, 0.1) is 11.0 Å². The molecule has 6 rings (SSSR count). The van der Waals surface area contributed by atoms with Gasteiger partial charge in [-0.05, 0) is 92.3 Å². The van der Waals surface area contributed by atoms with Gasteiger partial charge >= 0.3 is 0 Å². The summed E-state index contributed by atoms with van der Waals surface area (Å²) in [6, 6.07) is 33.9. The van der Waals surface area contributed by atoms with E-state index in [2.05, 4.69) is 137 Å². The number of fused-ring (bicyclic) bond motifs is 2. The van der Waals surface area contributed by atoms with Gasteiger partial charge in [-0.15, -0.1) is 0 Å². The van der Waals surface area contributed by atoms with Crippen LogP contribution in [0.15, 0.2) is 106 Å². The van der Waals surface area contributed by atoms with Gasteiger partial charge in [0.15, 0.2) is 0 Å².